The molecule has 1 saturated heterocycles. The predicted molar refractivity (Wildman–Crippen MR) is 130 cm³/mol. The van der Waals surface area contributed by atoms with E-state index in [9.17, 15) is 18.0 Å². The molecule has 0 spiro atoms. The van der Waals surface area contributed by atoms with E-state index in [0.29, 0.717) is 28.9 Å². The van der Waals surface area contributed by atoms with Gasteiger partial charge in [-0.1, -0.05) is 32.0 Å². The number of thioether (sulfide) groups is 2. The summed E-state index contributed by atoms with van der Waals surface area (Å²) in [6.45, 7) is 3.76. The van der Waals surface area contributed by atoms with E-state index in [-0.39, 0.29) is 4.90 Å². The van der Waals surface area contributed by atoms with Gasteiger partial charge < -0.3 is 10.1 Å². The molecule has 3 rings (SSSR count). The van der Waals surface area contributed by atoms with Gasteiger partial charge in [-0.3, -0.25) is 4.79 Å². The highest BCUT2D eigenvalue weighted by Gasteiger charge is 2.22. The van der Waals surface area contributed by atoms with Gasteiger partial charge in [-0.2, -0.15) is 4.31 Å². The standard InChI is InChI=1S/C22H26N2O5S3/c1-3-24(4-2)32(27,28)19-7-5-6-18(14-19)23-20(25)15-29-21(26)16-8-10-17(11-9-16)22-30-12-13-31-22/h5-11,14,22H,3-4,12-13,15H2,1-2H3,(H,23,25). The Morgan fingerprint density at radius 3 is 2.34 bits per heavy atom. The summed E-state index contributed by atoms with van der Waals surface area (Å²) >= 11 is 3.77. The highest BCUT2D eigenvalue weighted by atomic mass is 32.2. The third kappa shape index (κ3) is 6.06. The van der Waals surface area contributed by atoms with E-state index in [1.807, 2.05) is 35.7 Å². The number of ether oxygens (including phenoxy) is 1. The van der Waals surface area contributed by atoms with E-state index in [1.165, 1.54) is 16.4 Å². The Morgan fingerprint density at radius 1 is 1.06 bits per heavy atom. The fourth-order valence-electron chi connectivity index (χ4n) is 3.19. The van der Waals surface area contributed by atoms with Gasteiger partial charge in [-0.05, 0) is 35.9 Å². The summed E-state index contributed by atoms with van der Waals surface area (Å²) < 4.78 is 32.2. The average Bonchev–Trinajstić information content (AvgIpc) is 3.33. The summed E-state index contributed by atoms with van der Waals surface area (Å²) in [6.07, 6.45) is 0. The van der Waals surface area contributed by atoms with Crippen molar-refractivity contribution in [2.75, 3.05) is 36.5 Å². The van der Waals surface area contributed by atoms with Crippen LogP contribution in [0.15, 0.2) is 53.4 Å². The maximum atomic E-state index is 12.7. The third-order valence-corrected chi connectivity index (χ3v) is 9.99. The lowest BCUT2D eigenvalue weighted by molar-refractivity contribution is -0.119. The Balaban J connectivity index is 1.56. The number of anilines is 1. The van der Waals surface area contributed by atoms with Crippen LogP contribution in [0.25, 0.3) is 0 Å². The topological polar surface area (TPSA) is 92.8 Å². The van der Waals surface area contributed by atoms with Crippen molar-refractivity contribution < 1.29 is 22.7 Å². The zero-order valence-electron chi connectivity index (χ0n) is 17.9. The van der Waals surface area contributed by atoms with Crippen molar-refractivity contribution in [3.8, 4) is 0 Å². The maximum absolute atomic E-state index is 12.7. The van der Waals surface area contributed by atoms with E-state index >= 15 is 0 Å². The number of carbonyl (C=O) groups is 2. The van der Waals surface area contributed by atoms with Gasteiger partial charge >= 0.3 is 5.97 Å². The van der Waals surface area contributed by atoms with E-state index in [0.717, 1.165) is 17.1 Å². The quantitative estimate of drug-likeness (QED) is 0.527. The van der Waals surface area contributed by atoms with Crippen LogP contribution in [0.4, 0.5) is 5.69 Å². The lowest BCUT2D eigenvalue weighted by Crippen LogP contribution is -2.30. The van der Waals surface area contributed by atoms with Crippen LogP contribution in [-0.2, 0) is 19.6 Å². The maximum Gasteiger partial charge on any atom is 0.338 e. The van der Waals surface area contributed by atoms with Gasteiger partial charge in [0.15, 0.2) is 6.61 Å². The number of nitrogens with one attached hydrogen (secondary N) is 1. The Hall–Kier alpha value is -2.01. The van der Waals surface area contributed by atoms with Crippen molar-refractivity contribution in [3.63, 3.8) is 0 Å². The first-order valence-corrected chi connectivity index (χ1v) is 13.8. The molecule has 1 N–H and O–H groups in total. The van der Waals surface area contributed by atoms with E-state index < -0.39 is 28.5 Å². The van der Waals surface area contributed by atoms with Gasteiger partial charge in [0.25, 0.3) is 5.91 Å². The Labute approximate surface area is 197 Å². The summed E-state index contributed by atoms with van der Waals surface area (Å²) in [5.41, 5.74) is 1.85. The highest BCUT2D eigenvalue weighted by Crippen LogP contribution is 2.45. The second kappa shape index (κ2) is 11.2. The molecule has 0 radical (unpaired) electrons. The van der Waals surface area contributed by atoms with Crippen molar-refractivity contribution in [2.24, 2.45) is 0 Å². The van der Waals surface area contributed by atoms with Crippen LogP contribution in [0.3, 0.4) is 0 Å². The van der Waals surface area contributed by atoms with Gasteiger partial charge in [0, 0.05) is 30.3 Å². The van der Waals surface area contributed by atoms with Crippen LogP contribution in [0.2, 0.25) is 0 Å². The van der Waals surface area contributed by atoms with Crippen LogP contribution < -0.4 is 5.32 Å². The molecule has 2 aromatic rings. The number of hydrogen-bond acceptors (Lipinski definition) is 7. The summed E-state index contributed by atoms with van der Waals surface area (Å²) in [4.78, 5) is 24.6. The van der Waals surface area contributed by atoms with Crippen LogP contribution in [0.1, 0.15) is 34.4 Å². The first-order chi connectivity index (χ1) is 15.3. The number of rotatable bonds is 9. The Morgan fingerprint density at radius 2 is 1.72 bits per heavy atom. The number of benzene rings is 2. The van der Waals surface area contributed by atoms with E-state index in [4.69, 9.17) is 4.74 Å². The lowest BCUT2D eigenvalue weighted by Gasteiger charge is -2.18. The molecular formula is C22H26N2O5S3. The summed E-state index contributed by atoms with van der Waals surface area (Å²) in [7, 11) is -3.64. The number of amides is 1. The smallest absolute Gasteiger partial charge is 0.338 e. The molecule has 32 heavy (non-hydrogen) atoms. The van der Waals surface area contributed by atoms with Crippen LogP contribution in [-0.4, -0.2) is 55.8 Å². The summed E-state index contributed by atoms with van der Waals surface area (Å²) in [5.74, 6) is 1.11. The Bertz CT molecular complexity index is 1050. The molecule has 1 aliphatic heterocycles. The Kier molecular flexibility index (Phi) is 8.64. The molecule has 0 bridgehead atoms. The number of sulfonamides is 1. The fraction of sp³-hybridized carbons (Fsp3) is 0.364. The van der Waals surface area contributed by atoms with Crippen molar-refractivity contribution >= 4 is 51.1 Å². The molecule has 0 aromatic heterocycles. The van der Waals surface area contributed by atoms with Gasteiger partial charge in [-0.15, -0.1) is 23.5 Å². The normalized spacial score (nSPS) is 14.5. The highest BCUT2D eigenvalue weighted by molar-refractivity contribution is 8.19. The van der Waals surface area contributed by atoms with Crippen LogP contribution in [0, 0.1) is 0 Å². The molecule has 0 saturated carbocycles. The average molecular weight is 495 g/mol. The number of nitrogens with zero attached hydrogens (tertiary/aromatic N) is 1. The molecule has 0 atom stereocenters. The lowest BCUT2D eigenvalue weighted by atomic mass is 10.1. The molecular weight excluding hydrogens is 468 g/mol. The van der Waals surface area contributed by atoms with Crippen molar-refractivity contribution in [1.82, 2.24) is 4.31 Å². The minimum absolute atomic E-state index is 0.0923. The van der Waals surface area contributed by atoms with Crippen molar-refractivity contribution in [3.05, 3.63) is 59.7 Å². The van der Waals surface area contributed by atoms with Crippen LogP contribution in [0.5, 0.6) is 0 Å². The molecule has 2 aromatic carbocycles. The number of esters is 1. The minimum atomic E-state index is -3.64. The van der Waals surface area contributed by atoms with E-state index in [2.05, 4.69) is 5.32 Å². The molecule has 1 heterocycles. The molecule has 1 fully saturated rings. The van der Waals surface area contributed by atoms with Gasteiger partial charge in [0.05, 0.1) is 15.0 Å². The molecule has 0 unspecified atom stereocenters. The van der Waals surface area contributed by atoms with Gasteiger partial charge in [0.1, 0.15) is 0 Å². The molecule has 7 nitrogen and oxygen atoms in total. The molecule has 172 valence electrons. The first kappa shape index (κ1) is 24.6. The van der Waals surface area contributed by atoms with E-state index in [1.54, 1.807) is 38.1 Å². The number of carbonyl (C=O) groups excluding carboxylic acids is 2. The molecule has 10 heteroatoms. The van der Waals surface area contributed by atoms with Crippen LogP contribution >= 0.6 is 23.5 Å². The van der Waals surface area contributed by atoms with Gasteiger partial charge in [0.2, 0.25) is 10.0 Å². The van der Waals surface area contributed by atoms with Crippen molar-refractivity contribution in [1.29, 1.82) is 0 Å². The second-order valence-electron chi connectivity index (χ2n) is 6.94. The summed E-state index contributed by atoms with van der Waals surface area (Å²) in [5, 5.41) is 2.58. The van der Waals surface area contributed by atoms with Crippen molar-refractivity contribution in [2.45, 2.75) is 23.3 Å². The monoisotopic (exact) mass is 494 g/mol. The molecule has 1 amide bonds. The zero-order valence-corrected chi connectivity index (χ0v) is 20.4. The summed E-state index contributed by atoms with van der Waals surface area (Å²) in [6, 6.07) is 13.2. The molecule has 0 aliphatic carbocycles. The SMILES string of the molecule is CCN(CC)S(=O)(=O)c1cccc(NC(=O)COC(=O)c2ccc(C3SCCS3)cc2)c1. The zero-order chi connectivity index (χ0) is 23.1. The van der Waals surface area contributed by atoms with Gasteiger partial charge in [-0.25, -0.2) is 13.2 Å². The third-order valence-electron chi connectivity index (χ3n) is 4.84. The minimum Gasteiger partial charge on any atom is -0.452 e. The largest absolute Gasteiger partial charge is 0.452 e. The first-order valence-electron chi connectivity index (χ1n) is 10.3. The molecule has 1 aliphatic rings. The number of hydrogen-bond donors (Lipinski definition) is 1. The second-order valence-corrected chi connectivity index (χ2v) is 11.6. The predicted octanol–water partition coefficient (Wildman–Crippen LogP) is 3.99. The fourth-order valence-corrected chi connectivity index (χ4v) is 7.55.